The average Bonchev–Trinajstić information content (AvgIpc) is 2.64. The minimum absolute atomic E-state index is 0.117. The molecule has 0 unspecified atom stereocenters. The molecule has 0 aliphatic carbocycles. The third-order valence-electron chi connectivity index (χ3n) is 4.48. The molecular formula is C16H21Cl2NO. The number of hydrogen-bond donors (Lipinski definition) is 0. The second kappa shape index (κ2) is 5.57. The molecule has 20 heavy (non-hydrogen) atoms. The van der Waals surface area contributed by atoms with Gasteiger partial charge < -0.3 is 4.90 Å². The fourth-order valence-electron chi connectivity index (χ4n) is 3.11. The highest BCUT2D eigenvalue weighted by Crippen LogP contribution is 2.40. The van der Waals surface area contributed by atoms with Gasteiger partial charge in [-0.2, -0.15) is 0 Å². The van der Waals surface area contributed by atoms with Crippen molar-refractivity contribution in [2.75, 3.05) is 0 Å². The summed E-state index contributed by atoms with van der Waals surface area (Å²) in [7, 11) is 0. The first kappa shape index (κ1) is 15.7. The zero-order valence-electron chi connectivity index (χ0n) is 12.4. The van der Waals surface area contributed by atoms with Crippen LogP contribution in [0.15, 0.2) is 18.2 Å². The first-order valence-electron chi connectivity index (χ1n) is 7.04. The molecule has 1 aliphatic heterocycles. The van der Waals surface area contributed by atoms with E-state index in [0.717, 1.165) is 12.0 Å². The number of rotatable bonds is 3. The van der Waals surface area contributed by atoms with E-state index in [4.69, 9.17) is 23.2 Å². The number of carbonyl (C=O) groups excluding carboxylic acids is 1. The van der Waals surface area contributed by atoms with Gasteiger partial charge in [0.15, 0.2) is 0 Å². The lowest BCUT2D eigenvalue weighted by molar-refractivity contribution is -0.134. The van der Waals surface area contributed by atoms with Crippen molar-refractivity contribution in [1.29, 1.82) is 0 Å². The fourth-order valence-corrected chi connectivity index (χ4v) is 3.65. The van der Waals surface area contributed by atoms with Gasteiger partial charge in [-0.1, -0.05) is 30.1 Å². The van der Waals surface area contributed by atoms with Crippen molar-refractivity contribution in [3.05, 3.63) is 33.8 Å². The minimum Gasteiger partial charge on any atom is -0.334 e. The second-order valence-electron chi connectivity index (χ2n) is 6.18. The molecule has 1 amide bonds. The van der Waals surface area contributed by atoms with Crippen LogP contribution in [0.5, 0.6) is 0 Å². The lowest BCUT2D eigenvalue weighted by atomic mass is 9.91. The van der Waals surface area contributed by atoms with Gasteiger partial charge in [-0.15, -0.1) is 0 Å². The molecule has 1 aromatic carbocycles. The molecule has 0 N–H and O–H groups in total. The van der Waals surface area contributed by atoms with E-state index >= 15 is 0 Å². The number of halogens is 2. The van der Waals surface area contributed by atoms with Crippen LogP contribution in [0.2, 0.25) is 10.0 Å². The van der Waals surface area contributed by atoms with E-state index in [1.807, 2.05) is 17.0 Å². The molecule has 1 saturated heterocycles. The highest BCUT2D eigenvalue weighted by Gasteiger charge is 2.43. The van der Waals surface area contributed by atoms with Gasteiger partial charge in [-0.05, 0) is 51.0 Å². The van der Waals surface area contributed by atoms with E-state index in [1.165, 1.54) is 0 Å². The van der Waals surface area contributed by atoms with Crippen LogP contribution in [0, 0.1) is 0 Å². The normalized spacial score (nSPS) is 23.5. The molecular weight excluding hydrogens is 293 g/mol. The van der Waals surface area contributed by atoms with Gasteiger partial charge in [0, 0.05) is 34.0 Å². The van der Waals surface area contributed by atoms with Crippen LogP contribution in [0.4, 0.5) is 0 Å². The largest absolute Gasteiger partial charge is 0.334 e. The van der Waals surface area contributed by atoms with E-state index in [-0.39, 0.29) is 23.4 Å². The molecule has 110 valence electrons. The number of carbonyl (C=O) groups is 1. The molecule has 1 aromatic rings. The molecule has 1 heterocycles. The summed E-state index contributed by atoms with van der Waals surface area (Å²) < 4.78 is 0. The van der Waals surface area contributed by atoms with Crippen LogP contribution in [0.1, 0.15) is 52.0 Å². The summed E-state index contributed by atoms with van der Waals surface area (Å²) in [5.41, 5.74) is 0.936. The molecule has 0 aromatic heterocycles. The Hall–Kier alpha value is -0.730. The molecule has 2 rings (SSSR count). The number of nitrogens with zero attached hydrogens (tertiary/aromatic N) is 1. The smallest absolute Gasteiger partial charge is 0.223 e. The topological polar surface area (TPSA) is 20.3 Å². The Labute approximate surface area is 131 Å². The summed E-state index contributed by atoms with van der Waals surface area (Å²) in [6.45, 7) is 8.47. The summed E-state index contributed by atoms with van der Waals surface area (Å²) in [5.74, 6) is 0.370. The molecule has 0 spiro atoms. The standard InChI is InChI=1S/C16H21Cl2NO/c1-5-16(3,4)19-10(2)14(9-15(19)20)11-6-12(17)8-13(18)7-11/h6-8,10,14H,5,9H2,1-4H3/t10-,14-/m0/s1. The second-order valence-corrected chi connectivity index (χ2v) is 7.06. The number of hydrogen-bond acceptors (Lipinski definition) is 1. The Balaban J connectivity index is 2.34. The Morgan fingerprint density at radius 3 is 2.30 bits per heavy atom. The van der Waals surface area contributed by atoms with Crippen molar-refractivity contribution < 1.29 is 4.79 Å². The Morgan fingerprint density at radius 2 is 1.80 bits per heavy atom. The summed E-state index contributed by atoms with van der Waals surface area (Å²) in [5, 5.41) is 1.25. The first-order valence-corrected chi connectivity index (χ1v) is 7.80. The monoisotopic (exact) mass is 313 g/mol. The van der Waals surface area contributed by atoms with Gasteiger partial charge >= 0.3 is 0 Å². The first-order chi connectivity index (χ1) is 9.26. The summed E-state index contributed by atoms with van der Waals surface area (Å²) >= 11 is 12.2. The predicted molar refractivity (Wildman–Crippen MR) is 84.5 cm³/mol. The van der Waals surface area contributed by atoms with Crippen molar-refractivity contribution in [3.8, 4) is 0 Å². The maximum Gasteiger partial charge on any atom is 0.223 e. The fraction of sp³-hybridized carbons (Fsp3) is 0.562. The molecule has 1 aliphatic rings. The highest BCUT2D eigenvalue weighted by atomic mass is 35.5. The van der Waals surface area contributed by atoms with E-state index in [9.17, 15) is 4.79 Å². The lowest BCUT2D eigenvalue weighted by Crippen LogP contribution is -2.48. The van der Waals surface area contributed by atoms with Crippen molar-refractivity contribution >= 4 is 29.1 Å². The maximum atomic E-state index is 12.4. The van der Waals surface area contributed by atoms with Gasteiger partial charge in [0.1, 0.15) is 0 Å². The zero-order chi connectivity index (χ0) is 15.1. The molecule has 2 nitrogen and oxygen atoms in total. The highest BCUT2D eigenvalue weighted by molar-refractivity contribution is 6.34. The van der Waals surface area contributed by atoms with Crippen LogP contribution in [-0.4, -0.2) is 22.4 Å². The number of likely N-dealkylation sites (tertiary alicyclic amines) is 1. The van der Waals surface area contributed by atoms with Crippen LogP contribution in [0.3, 0.4) is 0 Å². The summed E-state index contributed by atoms with van der Waals surface area (Å²) in [6, 6.07) is 5.73. The molecule has 0 bridgehead atoms. The van der Waals surface area contributed by atoms with E-state index in [2.05, 4.69) is 27.7 Å². The predicted octanol–water partition coefficient (Wildman–Crippen LogP) is 4.89. The van der Waals surface area contributed by atoms with Gasteiger partial charge in [0.25, 0.3) is 0 Å². The SMILES string of the molecule is CCC(C)(C)N1C(=O)C[C@H](c2cc(Cl)cc(Cl)c2)[C@@H]1C. The molecule has 1 fully saturated rings. The zero-order valence-corrected chi connectivity index (χ0v) is 13.9. The number of benzene rings is 1. The number of amides is 1. The van der Waals surface area contributed by atoms with E-state index in [1.54, 1.807) is 6.07 Å². The Kier molecular flexibility index (Phi) is 4.36. The van der Waals surface area contributed by atoms with Crippen molar-refractivity contribution in [1.82, 2.24) is 4.90 Å². The third kappa shape index (κ3) is 2.82. The Bertz CT molecular complexity index is 507. The minimum atomic E-state index is -0.117. The molecule has 0 saturated carbocycles. The van der Waals surface area contributed by atoms with Gasteiger partial charge in [-0.25, -0.2) is 0 Å². The average molecular weight is 314 g/mol. The van der Waals surface area contributed by atoms with Gasteiger partial charge in [-0.3, -0.25) is 4.79 Å². The Morgan fingerprint density at radius 1 is 1.25 bits per heavy atom. The summed E-state index contributed by atoms with van der Waals surface area (Å²) in [4.78, 5) is 14.4. The van der Waals surface area contributed by atoms with Crippen molar-refractivity contribution in [2.24, 2.45) is 0 Å². The van der Waals surface area contributed by atoms with Crippen LogP contribution < -0.4 is 0 Å². The van der Waals surface area contributed by atoms with Crippen molar-refractivity contribution in [3.63, 3.8) is 0 Å². The quantitative estimate of drug-likeness (QED) is 0.778. The van der Waals surface area contributed by atoms with Crippen LogP contribution in [0.25, 0.3) is 0 Å². The molecule has 0 radical (unpaired) electrons. The molecule has 4 heteroatoms. The van der Waals surface area contributed by atoms with Crippen LogP contribution in [-0.2, 0) is 4.79 Å². The summed E-state index contributed by atoms with van der Waals surface area (Å²) in [6.07, 6.45) is 1.47. The van der Waals surface area contributed by atoms with Gasteiger partial charge in [0.2, 0.25) is 5.91 Å². The lowest BCUT2D eigenvalue weighted by Gasteiger charge is -2.39. The maximum absolute atomic E-state index is 12.4. The van der Waals surface area contributed by atoms with Crippen molar-refractivity contribution in [2.45, 2.75) is 58.0 Å². The molecule has 2 atom stereocenters. The third-order valence-corrected chi connectivity index (χ3v) is 4.92. The van der Waals surface area contributed by atoms with E-state index in [0.29, 0.717) is 16.5 Å². The van der Waals surface area contributed by atoms with Gasteiger partial charge in [0.05, 0.1) is 0 Å². The van der Waals surface area contributed by atoms with Crippen LogP contribution >= 0.6 is 23.2 Å². The van der Waals surface area contributed by atoms with E-state index < -0.39 is 0 Å².